The Kier molecular flexibility index (Phi) is 5.33. The quantitative estimate of drug-likeness (QED) is 0.666. The van der Waals surface area contributed by atoms with E-state index in [2.05, 4.69) is 10.0 Å². The van der Waals surface area contributed by atoms with Crippen LogP contribution in [0.15, 0.2) is 21.6 Å². The second kappa shape index (κ2) is 6.33. The molecule has 7 heteroatoms. The van der Waals surface area contributed by atoms with E-state index in [4.69, 9.17) is 9.52 Å². The second-order valence-corrected chi connectivity index (χ2v) is 6.05. The summed E-state index contributed by atoms with van der Waals surface area (Å²) in [6, 6.07) is 2.49. The first-order valence-corrected chi connectivity index (χ1v) is 7.25. The zero-order valence-electron chi connectivity index (χ0n) is 10.8. The van der Waals surface area contributed by atoms with Crippen molar-refractivity contribution in [3.8, 4) is 0 Å². The van der Waals surface area contributed by atoms with Gasteiger partial charge in [-0.05, 0) is 25.1 Å². The predicted molar refractivity (Wildman–Crippen MR) is 67.5 cm³/mol. The number of aliphatic hydroxyl groups is 1. The highest BCUT2D eigenvalue weighted by atomic mass is 32.2. The van der Waals surface area contributed by atoms with Crippen molar-refractivity contribution in [2.75, 3.05) is 13.7 Å². The first kappa shape index (κ1) is 15.2. The van der Waals surface area contributed by atoms with Crippen molar-refractivity contribution in [3.63, 3.8) is 0 Å². The molecule has 1 aromatic rings. The number of hydrogen-bond acceptors (Lipinski definition) is 5. The van der Waals surface area contributed by atoms with Crippen LogP contribution < -0.4 is 10.0 Å². The van der Waals surface area contributed by atoms with Gasteiger partial charge in [-0.15, -0.1) is 0 Å². The average Bonchev–Trinajstić information content (AvgIpc) is 2.75. The lowest BCUT2D eigenvalue weighted by Gasteiger charge is -2.18. The summed E-state index contributed by atoms with van der Waals surface area (Å²) in [6.07, 6.45) is 0. The summed E-state index contributed by atoms with van der Waals surface area (Å²) in [4.78, 5) is 0. The molecule has 0 saturated carbocycles. The summed E-state index contributed by atoms with van der Waals surface area (Å²) < 4.78 is 31.6. The molecule has 6 nitrogen and oxygen atoms in total. The summed E-state index contributed by atoms with van der Waals surface area (Å²) in [6.45, 7) is 3.88. The van der Waals surface area contributed by atoms with Crippen LogP contribution in [0.3, 0.4) is 0 Å². The molecule has 0 aromatic carbocycles. The predicted octanol–water partition coefficient (Wildman–Crippen LogP) is 0.294. The summed E-state index contributed by atoms with van der Waals surface area (Å²) in [5, 5.41) is 11.9. The topological polar surface area (TPSA) is 91.6 Å². The lowest BCUT2D eigenvalue weighted by atomic mass is 10.1. The molecule has 3 N–H and O–H groups in total. The van der Waals surface area contributed by atoms with Crippen molar-refractivity contribution >= 4 is 10.0 Å². The van der Waals surface area contributed by atoms with E-state index < -0.39 is 16.1 Å². The fraction of sp³-hybridized carbons (Fsp3) is 0.636. The third kappa shape index (κ3) is 3.81. The first-order valence-electron chi connectivity index (χ1n) is 5.77. The van der Waals surface area contributed by atoms with E-state index in [-0.39, 0.29) is 17.6 Å². The molecule has 1 heterocycles. The maximum atomic E-state index is 12.0. The minimum Gasteiger partial charge on any atom is -0.447 e. The van der Waals surface area contributed by atoms with Gasteiger partial charge in [-0.1, -0.05) is 13.8 Å². The molecule has 18 heavy (non-hydrogen) atoms. The Morgan fingerprint density at radius 3 is 2.56 bits per heavy atom. The third-order valence-corrected chi connectivity index (χ3v) is 3.92. The smallest absolute Gasteiger partial charge is 0.274 e. The van der Waals surface area contributed by atoms with Gasteiger partial charge >= 0.3 is 0 Å². The zero-order chi connectivity index (χ0) is 13.8. The van der Waals surface area contributed by atoms with Crippen LogP contribution in [0.1, 0.15) is 19.6 Å². The summed E-state index contributed by atoms with van der Waals surface area (Å²) in [5.74, 6) is 0.541. The van der Waals surface area contributed by atoms with Gasteiger partial charge < -0.3 is 14.8 Å². The van der Waals surface area contributed by atoms with Crippen molar-refractivity contribution in [2.45, 2.75) is 31.5 Å². The molecule has 1 rings (SSSR count). The van der Waals surface area contributed by atoms with Crippen molar-refractivity contribution in [2.24, 2.45) is 5.92 Å². The zero-order valence-corrected chi connectivity index (χ0v) is 11.6. The number of rotatable bonds is 7. The highest BCUT2D eigenvalue weighted by Gasteiger charge is 2.24. The van der Waals surface area contributed by atoms with Gasteiger partial charge in [0, 0.05) is 6.04 Å². The lowest BCUT2D eigenvalue weighted by molar-refractivity contribution is 0.227. The van der Waals surface area contributed by atoms with Crippen LogP contribution in [0.25, 0.3) is 0 Å². The van der Waals surface area contributed by atoms with E-state index in [1.165, 1.54) is 6.07 Å². The van der Waals surface area contributed by atoms with Crippen molar-refractivity contribution in [1.82, 2.24) is 10.0 Å². The van der Waals surface area contributed by atoms with Crippen LogP contribution in [0.2, 0.25) is 0 Å². The molecule has 0 spiro atoms. The molecule has 1 aromatic heterocycles. The van der Waals surface area contributed by atoms with Gasteiger partial charge in [0.15, 0.2) is 0 Å². The SMILES string of the molecule is CNCc1ccc(S(=O)(=O)NC(CO)C(C)C)o1. The standard InChI is InChI=1S/C11H20N2O4S/c1-8(2)10(7-14)13-18(15,16)11-5-4-9(17-11)6-12-3/h4-5,8,10,12-14H,6-7H2,1-3H3. The van der Waals surface area contributed by atoms with Crippen LogP contribution in [0.4, 0.5) is 0 Å². The number of nitrogens with one attached hydrogen (secondary N) is 2. The van der Waals surface area contributed by atoms with E-state index in [1.807, 2.05) is 13.8 Å². The molecule has 104 valence electrons. The van der Waals surface area contributed by atoms with Crippen molar-refractivity contribution in [1.29, 1.82) is 0 Å². The van der Waals surface area contributed by atoms with Gasteiger partial charge in [0.1, 0.15) is 5.76 Å². The van der Waals surface area contributed by atoms with Gasteiger partial charge in [-0.25, -0.2) is 13.1 Å². The number of hydrogen-bond donors (Lipinski definition) is 3. The molecule has 0 aliphatic carbocycles. The van der Waals surface area contributed by atoms with E-state index in [1.54, 1.807) is 13.1 Å². The van der Waals surface area contributed by atoms with Crippen LogP contribution in [0, 0.1) is 5.92 Å². The number of sulfonamides is 1. The van der Waals surface area contributed by atoms with Gasteiger partial charge in [0.25, 0.3) is 10.0 Å². The summed E-state index contributed by atoms with van der Waals surface area (Å²) in [7, 11) is -1.97. The molecule has 1 unspecified atom stereocenters. The molecule has 0 aliphatic heterocycles. The van der Waals surface area contributed by atoms with Gasteiger partial charge in [-0.2, -0.15) is 0 Å². The minimum atomic E-state index is -3.72. The third-order valence-electron chi connectivity index (χ3n) is 2.56. The molecule has 0 amide bonds. The Balaban J connectivity index is 2.85. The molecule has 0 bridgehead atoms. The molecule has 0 radical (unpaired) electrons. The van der Waals surface area contributed by atoms with E-state index in [9.17, 15) is 8.42 Å². The lowest BCUT2D eigenvalue weighted by Crippen LogP contribution is -2.40. The van der Waals surface area contributed by atoms with Crippen molar-refractivity contribution in [3.05, 3.63) is 17.9 Å². The molecule has 0 saturated heterocycles. The Morgan fingerprint density at radius 1 is 1.39 bits per heavy atom. The number of furan rings is 1. The highest BCUT2D eigenvalue weighted by molar-refractivity contribution is 7.89. The minimum absolute atomic E-state index is 0.00323. The van der Waals surface area contributed by atoms with Crippen LogP contribution in [0.5, 0.6) is 0 Å². The Hall–Kier alpha value is -0.890. The highest BCUT2D eigenvalue weighted by Crippen LogP contribution is 2.15. The van der Waals surface area contributed by atoms with Gasteiger partial charge in [-0.3, -0.25) is 0 Å². The van der Waals surface area contributed by atoms with Gasteiger partial charge in [0.05, 0.1) is 13.2 Å². The van der Waals surface area contributed by atoms with Crippen LogP contribution in [-0.2, 0) is 16.6 Å². The first-order chi connectivity index (χ1) is 8.40. The Labute approximate surface area is 107 Å². The fourth-order valence-electron chi connectivity index (χ4n) is 1.41. The monoisotopic (exact) mass is 276 g/mol. The normalized spacial score (nSPS) is 14.1. The molecule has 0 fully saturated rings. The van der Waals surface area contributed by atoms with Gasteiger partial charge in [0.2, 0.25) is 5.09 Å². The summed E-state index contributed by atoms with van der Waals surface area (Å²) >= 11 is 0. The maximum Gasteiger partial charge on any atom is 0.274 e. The molecule has 1 atom stereocenters. The Morgan fingerprint density at radius 2 is 2.06 bits per heavy atom. The number of aliphatic hydroxyl groups excluding tert-OH is 1. The van der Waals surface area contributed by atoms with E-state index >= 15 is 0 Å². The average molecular weight is 276 g/mol. The van der Waals surface area contributed by atoms with Crippen molar-refractivity contribution < 1.29 is 17.9 Å². The second-order valence-electron chi connectivity index (χ2n) is 4.41. The van der Waals surface area contributed by atoms with Crippen LogP contribution >= 0.6 is 0 Å². The van der Waals surface area contributed by atoms with E-state index in [0.717, 1.165) is 0 Å². The molecule has 0 aliphatic rings. The van der Waals surface area contributed by atoms with Crippen LogP contribution in [-0.4, -0.2) is 33.2 Å². The Bertz CT molecular complexity index is 467. The van der Waals surface area contributed by atoms with E-state index in [0.29, 0.717) is 12.3 Å². The largest absolute Gasteiger partial charge is 0.447 e. The fourth-order valence-corrected chi connectivity index (χ4v) is 2.74. The maximum absolute atomic E-state index is 12.0. The summed E-state index contributed by atoms with van der Waals surface area (Å²) in [5.41, 5.74) is 0. The molecular weight excluding hydrogens is 256 g/mol. The molecular formula is C11H20N2O4S.